The molecule has 8 nitrogen and oxygen atoms in total. The van der Waals surface area contributed by atoms with Gasteiger partial charge in [0.15, 0.2) is 0 Å². The van der Waals surface area contributed by atoms with Crippen LogP contribution in [-0.4, -0.2) is 50.4 Å². The van der Waals surface area contributed by atoms with Crippen molar-refractivity contribution in [2.24, 2.45) is 7.05 Å². The molecule has 2 N–H and O–H groups in total. The molecule has 2 amide bonds. The van der Waals surface area contributed by atoms with Gasteiger partial charge in [0.05, 0.1) is 12.6 Å². The van der Waals surface area contributed by atoms with Gasteiger partial charge in [-0.05, 0) is 19.1 Å². The number of carbonyl (C=O) groups is 2. The summed E-state index contributed by atoms with van der Waals surface area (Å²) >= 11 is 0. The second kappa shape index (κ2) is 6.91. The fourth-order valence-corrected chi connectivity index (χ4v) is 2.07. The Balaban J connectivity index is 2.05. The van der Waals surface area contributed by atoms with Gasteiger partial charge < -0.3 is 10.0 Å². The van der Waals surface area contributed by atoms with Gasteiger partial charge in [-0.2, -0.15) is 5.10 Å². The van der Waals surface area contributed by atoms with Crippen LogP contribution in [0.15, 0.2) is 24.5 Å². The molecule has 0 radical (unpaired) electrons. The van der Waals surface area contributed by atoms with Gasteiger partial charge in [-0.25, -0.2) is 9.78 Å². The van der Waals surface area contributed by atoms with E-state index in [4.69, 9.17) is 5.11 Å². The molecule has 0 atom stereocenters. The molecule has 0 aliphatic carbocycles. The summed E-state index contributed by atoms with van der Waals surface area (Å²) in [4.78, 5) is 28.2. The molecule has 2 aromatic rings. The quantitative estimate of drug-likeness (QED) is 0.874. The molecule has 0 aliphatic heterocycles. The minimum atomic E-state index is -0.945. The standard InChI is InChI=1S/C15H19N5O3/c1-10-12(11-8-16-20(3)9-11)4-5-13(17-10)18-15(23)19(2)7-6-14(21)22/h4-5,8-9H,6-7H2,1-3H3,(H,21,22)(H,17,18,23). The molecule has 122 valence electrons. The Kier molecular flexibility index (Phi) is 4.95. The smallest absolute Gasteiger partial charge is 0.322 e. The third-order valence-corrected chi connectivity index (χ3v) is 3.34. The lowest BCUT2D eigenvalue weighted by Crippen LogP contribution is -2.33. The summed E-state index contributed by atoms with van der Waals surface area (Å²) in [6.07, 6.45) is 3.54. The maximum absolute atomic E-state index is 12.0. The Morgan fingerprint density at radius 3 is 2.70 bits per heavy atom. The number of urea groups is 1. The van der Waals surface area contributed by atoms with Crippen LogP contribution in [0.4, 0.5) is 10.6 Å². The summed E-state index contributed by atoms with van der Waals surface area (Å²) < 4.78 is 1.71. The molecule has 0 saturated heterocycles. The Bertz CT molecular complexity index is 726. The lowest BCUT2D eigenvalue weighted by atomic mass is 10.1. The third-order valence-electron chi connectivity index (χ3n) is 3.34. The van der Waals surface area contributed by atoms with Crippen molar-refractivity contribution in [3.05, 3.63) is 30.2 Å². The molecule has 2 rings (SSSR count). The number of aliphatic carboxylic acids is 1. The van der Waals surface area contributed by atoms with Crippen molar-refractivity contribution in [1.82, 2.24) is 19.7 Å². The van der Waals surface area contributed by atoms with E-state index < -0.39 is 12.0 Å². The van der Waals surface area contributed by atoms with Crippen LogP contribution in [0.2, 0.25) is 0 Å². The Morgan fingerprint density at radius 2 is 2.13 bits per heavy atom. The van der Waals surface area contributed by atoms with Crippen LogP contribution in [0.3, 0.4) is 0 Å². The summed E-state index contributed by atoms with van der Waals surface area (Å²) in [7, 11) is 3.38. The average molecular weight is 317 g/mol. The monoisotopic (exact) mass is 317 g/mol. The number of carbonyl (C=O) groups excluding carboxylic acids is 1. The van der Waals surface area contributed by atoms with Crippen molar-refractivity contribution >= 4 is 17.8 Å². The fourth-order valence-electron chi connectivity index (χ4n) is 2.07. The molecule has 2 heterocycles. The lowest BCUT2D eigenvalue weighted by Gasteiger charge is -2.17. The minimum absolute atomic E-state index is 0.101. The largest absolute Gasteiger partial charge is 0.481 e. The Morgan fingerprint density at radius 1 is 1.39 bits per heavy atom. The number of aromatic nitrogens is 3. The molecule has 0 aromatic carbocycles. The van der Waals surface area contributed by atoms with E-state index in [0.717, 1.165) is 16.8 Å². The minimum Gasteiger partial charge on any atom is -0.481 e. The van der Waals surface area contributed by atoms with Gasteiger partial charge in [0.25, 0.3) is 0 Å². The zero-order valence-corrected chi connectivity index (χ0v) is 13.3. The maximum atomic E-state index is 12.0. The van der Waals surface area contributed by atoms with Crippen molar-refractivity contribution in [2.45, 2.75) is 13.3 Å². The zero-order valence-electron chi connectivity index (χ0n) is 13.3. The molecular weight excluding hydrogens is 298 g/mol. The molecule has 0 aliphatic rings. The number of anilines is 1. The SMILES string of the molecule is Cc1nc(NC(=O)N(C)CCC(=O)O)ccc1-c1cnn(C)c1. The van der Waals surface area contributed by atoms with E-state index in [1.807, 2.05) is 26.2 Å². The van der Waals surface area contributed by atoms with Crippen LogP contribution in [-0.2, 0) is 11.8 Å². The molecule has 23 heavy (non-hydrogen) atoms. The molecule has 0 unspecified atom stereocenters. The van der Waals surface area contributed by atoms with Crippen LogP contribution < -0.4 is 5.32 Å². The van der Waals surface area contributed by atoms with E-state index in [1.54, 1.807) is 16.9 Å². The Labute approximate surface area is 133 Å². The van der Waals surface area contributed by atoms with Gasteiger partial charge in [-0.3, -0.25) is 14.8 Å². The van der Waals surface area contributed by atoms with Crippen LogP contribution in [0.1, 0.15) is 12.1 Å². The van der Waals surface area contributed by atoms with E-state index in [-0.39, 0.29) is 13.0 Å². The number of rotatable bonds is 5. The predicted octanol–water partition coefficient (Wildman–Crippen LogP) is 1.73. The normalized spacial score (nSPS) is 10.4. The van der Waals surface area contributed by atoms with Gasteiger partial charge in [0.1, 0.15) is 5.82 Å². The van der Waals surface area contributed by atoms with Crippen LogP contribution in [0.5, 0.6) is 0 Å². The number of hydrogen-bond donors (Lipinski definition) is 2. The van der Waals surface area contributed by atoms with Crippen LogP contribution in [0.25, 0.3) is 11.1 Å². The number of hydrogen-bond acceptors (Lipinski definition) is 4. The zero-order chi connectivity index (χ0) is 17.0. The summed E-state index contributed by atoms with van der Waals surface area (Å²) in [5, 5.41) is 15.4. The van der Waals surface area contributed by atoms with Gasteiger partial charge in [-0.15, -0.1) is 0 Å². The highest BCUT2D eigenvalue weighted by molar-refractivity contribution is 5.88. The van der Waals surface area contributed by atoms with E-state index in [0.29, 0.717) is 5.82 Å². The highest BCUT2D eigenvalue weighted by atomic mass is 16.4. The first-order valence-corrected chi connectivity index (χ1v) is 7.07. The molecule has 8 heteroatoms. The topological polar surface area (TPSA) is 100 Å². The molecule has 0 fully saturated rings. The van der Waals surface area contributed by atoms with Gasteiger partial charge in [0.2, 0.25) is 0 Å². The van der Waals surface area contributed by atoms with Gasteiger partial charge >= 0.3 is 12.0 Å². The number of pyridine rings is 1. The number of carboxylic acid groups (broad SMARTS) is 1. The summed E-state index contributed by atoms with van der Waals surface area (Å²) in [6.45, 7) is 1.99. The van der Waals surface area contributed by atoms with E-state index >= 15 is 0 Å². The first kappa shape index (κ1) is 16.5. The van der Waals surface area contributed by atoms with Gasteiger partial charge in [0, 0.05) is 43.7 Å². The summed E-state index contributed by atoms with van der Waals surface area (Å²) in [5.74, 6) is -0.526. The summed E-state index contributed by atoms with van der Waals surface area (Å²) in [6, 6.07) is 3.18. The molecule has 0 spiro atoms. The first-order chi connectivity index (χ1) is 10.9. The number of carboxylic acids is 1. The predicted molar refractivity (Wildman–Crippen MR) is 85.1 cm³/mol. The third kappa shape index (κ3) is 4.29. The summed E-state index contributed by atoms with van der Waals surface area (Å²) in [5.41, 5.74) is 2.66. The first-order valence-electron chi connectivity index (χ1n) is 7.07. The molecular formula is C15H19N5O3. The highest BCUT2D eigenvalue weighted by Crippen LogP contribution is 2.22. The van der Waals surface area contributed by atoms with Crippen molar-refractivity contribution in [2.75, 3.05) is 18.9 Å². The van der Waals surface area contributed by atoms with E-state index in [2.05, 4.69) is 15.4 Å². The van der Waals surface area contributed by atoms with Crippen molar-refractivity contribution in [3.63, 3.8) is 0 Å². The van der Waals surface area contributed by atoms with Crippen molar-refractivity contribution < 1.29 is 14.7 Å². The van der Waals surface area contributed by atoms with Crippen molar-refractivity contribution in [3.8, 4) is 11.1 Å². The van der Waals surface area contributed by atoms with Crippen molar-refractivity contribution in [1.29, 1.82) is 0 Å². The van der Waals surface area contributed by atoms with Gasteiger partial charge in [-0.1, -0.05) is 0 Å². The number of aryl methyl sites for hydroxylation is 2. The number of nitrogens with zero attached hydrogens (tertiary/aromatic N) is 4. The maximum Gasteiger partial charge on any atom is 0.322 e. The molecule has 0 saturated carbocycles. The number of amides is 2. The average Bonchev–Trinajstić information content (AvgIpc) is 2.91. The second-order valence-corrected chi connectivity index (χ2v) is 5.23. The highest BCUT2D eigenvalue weighted by Gasteiger charge is 2.12. The molecule has 2 aromatic heterocycles. The van der Waals surface area contributed by atoms with E-state index in [9.17, 15) is 9.59 Å². The second-order valence-electron chi connectivity index (χ2n) is 5.23. The van der Waals surface area contributed by atoms with Crippen LogP contribution >= 0.6 is 0 Å². The van der Waals surface area contributed by atoms with Crippen LogP contribution in [0, 0.1) is 6.92 Å². The Hall–Kier alpha value is -2.90. The molecule has 0 bridgehead atoms. The number of nitrogens with one attached hydrogen (secondary N) is 1. The fraction of sp³-hybridized carbons (Fsp3) is 0.333. The van der Waals surface area contributed by atoms with E-state index in [1.165, 1.54) is 11.9 Å². The lowest BCUT2D eigenvalue weighted by molar-refractivity contribution is -0.137.